The monoisotopic (exact) mass is 198 g/mol. The van der Waals surface area contributed by atoms with E-state index in [1.165, 1.54) is 6.42 Å². The summed E-state index contributed by atoms with van der Waals surface area (Å²) in [6.45, 7) is 4.39. The third kappa shape index (κ3) is 1.31. The molecule has 0 amide bonds. The second-order valence-electron chi connectivity index (χ2n) is 5.65. The van der Waals surface area contributed by atoms with Gasteiger partial charge in [0.2, 0.25) is 0 Å². The van der Waals surface area contributed by atoms with Gasteiger partial charge in [0, 0.05) is 6.42 Å². The fraction of sp³-hybridized carbons (Fsp3) is 1.00. The molecule has 2 N–H and O–H groups in total. The van der Waals surface area contributed by atoms with Crippen LogP contribution in [0, 0.1) is 11.3 Å². The summed E-state index contributed by atoms with van der Waals surface area (Å²) in [6, 6.07) is 0. The fourth-order valence-electron chi connectivity index (χ4n) is 3.61. The van der Waals surface area contributed by atoms with Crippen LogP contribution in [-0.4, -0.2) is 21.9 Å². The quantitative estimate of drug-likeness (QED) is 0.625. The zero-order valence-electron chi connectivity index (χ0n) is 9.29. The van der Waals surface area contributed by atoms with E-state index in [-0.39, 0.29) is 11.5 Å². The van der Waals surface area contributed by atoms with E-state index >= 15 is 0 Å². The molecule has 2 fully saturated rings. The minimum Gasteiger partial charge on any atom is -0.393 e. The molecule has 0 aromatic heterocycles. The SMILES string of the molecule is C[C@H]1C[C@H](O)C[C@]2(O)CCCC[C@@]12C. The molecule has 0 radical (unpaired) electrons. The maximum absolute atomic E-state index is 10.6. The number of hydrogen-bond acceptors (Lipinski definition) is 2. The van der Waals surface area contributed by atoms with Crippen molar-refractivity contribution in [1.82, 2.24) is 0 Å². The zero-order chi connectivity index (χ0) is 10.4. The van der Waals surface area contributed by atoms with Gasteiger partial charge >= 0.3 is 0 Å². The van der Waals surface area contributed by atoms with Crippen molar-refractivity contribution < 1.29 is 10.2 Å². The van der Waals surface area contributed by atoms with Crippen molar-refractivity contribution >= 4 is 0 Å². The van der Waals surface area contributed by atoms with E-state index in [1.54, 1.807) is 0 Å². The smallest absolute Gasteiger partial charge is 0.0728 e. The van der Waals surface area contributed by atoms with Crippen molar-refractivity contribution in [3.63, 3.8) is 0 Å². The fourth-order valence-corrected chi connectivity index (χ4v) is 3.61. The van der Waals surface area contributed by atoms with E-state index in [0.717, 1.165) is 25.7 Å². The maximum Gasteiger partial charge on any atom is 0.0728 e. The molecule has 0 unspecified atom stereocenters. The Kier molecular flexibility index (Phi) is 2.39. The molecule has 2 aliphatic rings. The number of hydrogen-bond donors (Lipinski definition) is 2. The van der Waals surface area contributed by atoms with Crippen LogP contribution >= 0.6 is 0 Å². The second kappa shape index (κ2) is 3.21. The summed E-state index contributed by atoms with van der Waals surface area (Å²) in [6.07, 6.45) is 5.51. The zero-order valence-corrected chi connectivity index (χ0v) is 9.29. The molecule has 0 aliphatic heterocycles. The third-order valence-electron chi connectivity index (χ3n) is 4.89. The highest BCUT2D eigenvalue weighted by molar-refractivity contribution is 5.06. The molecule has 2 aliphatic carbocycles. The van der Waals surface area contributed by atoms with Crippen LogP contribution in [0.25, 0.3) is 0 Å². The molecule has 2 heteroatoms. The first-order chi connectivity index (χ1) is 6.48. The Morgan fingerprint density at radius 3 is 2.57 bits per heavy atom. The molecule has 2 nitrogen and oxygen atoms in total. The number of fused-ring (bicyclic) bond motifs is 1. The Bertz CT molecular complexity index is 228. The molecule has 0 saturated heterocycles. The Balaban J connectivity index is 2.28. The molecule has 0 aromatic carbocycles. The van der Waals surface area contributed by atoms with Crippen LogP contribution in [0.3, 0.4) is 0 Å². The lowest BCUT2D eigenvalue weighted by atomic mass is 9.53. The Morgan fingerprint density at radius 2 is 1.86 bits per heavy atom. The van der Waals surface area contributed by atoms with Gasteiger partial charge in [-0.2, -0.15) is 0 Å². The standard InChI is InChI=1S/C12H22O2/c1-9-7-10(13)8-12(14)6-4-3-5-11(9,12)2/h9-10,13-14H,3-8H2,1-2H3/t9-,10-,11-,12+/m0/s1. The average Bonchev–Trinajstić information content (AvgIpc) is 2.08. The first kappa shape index (κ1) is 10.4. The lowest BCUT2D eigenvalue weighted by Gasteiger charge is -2.56. The van der Waals surface area contributed by atoms with Crippen molar-refractivity contribution in [2.45, 2.75) is 64.1 Å². The first-order valence-electron chi connectivity index (χ1n) is 5.88. The summed E-state index contributed by atoms with van der Waals surface area (Å²) in [5.41, 5.74) is -0.549. The molecule has 0 bridgehead atoms. The lowest BCUT2D eigenvalue weighted by Crippen LogP contribution is -2.57. The molecule has 82 valence electrons. The highest BCUT2D eigenvalue weighted by Crippen LogP contribution is 2.55. The first-order valence-corrected chi connectivity index (χ1v) is 5.88. The highest BCUT2D eigenvalue weighted by Gasteiger charge is 2.55. The Labute approximate surface area is 86.3 Å². The number of aliphatic hydroxyl groups excluding tert-OH is 1. The third-order valence-corrected chi connectivity index (χ3v) is 4.89. The van der Waals surface area contributed by atoms with Gasteiger partial charge < -0.3 is 10.2 Å². The van der Waals surface area contributed by atoms with Crippen molar-refractivity contribution in [2.75, 3.05) is 0 Å². The van der Waals surface area contributed by atoms with Gasteiger partial charge in [0.15, 0.2) is 0 Å². The molecule has 14 heavy (non-hydrogen) atoms. The van der Waals surface area contributed by atoms with Gasteiger partial charge in [-0.3, -0.25) is 0 Å². The largest absolute Gasteiger partial charge is 0.393 e. The summed E-state index contributed by atoms with van der Waals surface area (Å²) >= 11 is 0. The number of rotatable bonds is 0. The molecule has 4 atom stereocenters. The van der Waals surface area contributed by atoms with E-state index in [2.05, 4.69) is 13.8 Å². The van der Waals surface area contributed by atoms with Gasteiger partial charge in [0.05, 0.1) is 11.7 Å². The lowest BCUT2D eigenvalue weighted by molar-refractivity contribution is -0.183. The van der Waals surface area contributed by atoms with Crippen LogP contribution in [0.4, 0.5) is 0 Å². The van der Waals surface area contributed by atoms with Crippen LogP contribution < -0.4 is 0 Å². The molecular weight excluding hydrogens is 176 g/mol. The van der Waals surface area contributed by atoms with Crippen LogP contribution in [0.5, 0.6) is 0 Å². The maximum atomic E-state index is 10.6. The van der Waals surface area contributed by atoms with E-state index in [0.29, 0.717) is 12.3 Å². The molecule has 2 rings (SSSR count). The van der Waals surface area contributed by atoms with Crippen molar-refractivity contribution in [2.24, 2.45) is 11.3 Å². The van der Waals surface area contributed by atoms with Gasteiger partial charge in [-0.15, -0.1) is 0 Å². The van der Waals surface area contributed by atoms with Crippen LogP contribution in [0.1, 0.15) is 52.4 Å². The summed E-state index contributed by atoms with van der Waals surface area (Å²) in [5, 5.41) is 20.4. The number of aliphatic hydroxyl groups is 2. The molecule has 0 aromatic rings. The summed E-state index contributed by atoms with van der Waals surface area (Å²) < 4.78 is 0. The van der Waals surface area contributed by atoms with Gasteiger partial charge in [-0.1, -0.05) is 26.7 Å². The molecular formula is C12H22O2. The molecule has 0 heterocycles. The predicted molar refractivity (Wildman–Crippen MR) is 55.9 cm³/mol. The Hall–Kier alpha value is -0.0800. The van der Waals surface area contributed by atoms with Crippen molar-refractivity contribution in [3.8, 4) is 0 Å². The summed E-state index contributed by atoms with van der Waals surface area (Å²) in [5.74, 6) is 0.441. The average molecular weight is 198 g/mol. The van der Waals surface area contributed by atoms with Gasteiger partial charge in [0.25, 0.3) is 0 Å². The normalized spacial score (nSPS) is 54.0. The van der Waals surface area contributed by atoms with Crippen molar-refractivity contribution in [3.05, 3.63) is 0 Å². The second-order valence-corrected chi connectivity index (χ2v) is 5.65. The Morgan fingerprint density at radius 1 is 1.21 bits per heavy atom. The van der Waals surface area contributed by atoms with Crippen LogP contribution in [0.2, 0.25) is 0 Å². The van der Waals surface area contributed by atoms with E-state index in [9.17, 15) is 10.2 Å². The highest BCUT2D eigenvalue weighted by atomic mass is 16.3. The summed E-state index contributed by atoms with van der Waals surface area (Å²) in [7, 11) is 0. The van der Waals surface area contributed by atoms with Crippen LogP contribution in [-0.2, 0) is 0 Å². The van der Waals surface area contributed by atoms with Gasteiger partial charge in [-0.05, 0) is 30.6 Å². The van der Waals surface area contributed by atoms with Crippen molar-refractivity contribution in [1.29, 1.82) is 0 Å². The van der Waals surface area contributed by atoms with Gasteiger partial charge in [0.1, 0.15) is 0 Å². The topological polar surface area (TPSA) is 40.5 Å². The van der Waals surface area contributed by atoms with Gasteiger partial charge in [-0.25, -0.2) is 0 Å². The van der Waals surface area contributed by atoms with E-state index in [1.807, 2.05) is 0 Å². The summed E-state index contributed by atoms with van der Waals surface area (Å²) in [4.78, 5) is 0. The van der Waals surface area contributed by atoms with E-state index in [4.69, 9.17) is 0 Å². The predicted octanol–water partition coefficient (Wildman–Crippen LogP) is 2.09. The molecule has 2 saturated carbocycles. The minimum absolute atomic E-state index is 0.0461. The minimum atomic E-state index is -0.595. The molecule has 0 spiro atoms. The van der Waals surface area contributed by atoms with E-state index < -0.39 is 5.60 Å². The van der Waals surface area contributed by atoms with Crippen LogP contribution in [0.15, 0.2) is 0 Å².